The van der Waals surface area contributed by atoms with Gasteiger partial charge in [-0.25, -0.2) is 4.79 Å². The van der Waals surface area contributed by atoms with E-state index in [2.05, 4.69) is 19.1 Å². The van der Waals surface area contributed by atoms with Crippen molar-refractivity contribution in [2.45, 2.75) is 84.5 Å². The van der Waals surface area contributed by atoms with Crippen LogP contribution in [-0.4, -0.2) is 35.1 Å². The molecule has 0 aliphatic heterocycles. The molecule has 0 atom stereocenters. The Morgan fingerprint density at radius 2 is 1.34 bits per heavy atom. The highest BCUT2D eigenvalue weighted by atomic mass is 16.7. The minimum absolute atomic E-state index is 0.0389. The maximum absolute atomic E-state index is 12.7. The van der Waals surface area contributed by atoms with Crippen LogP contribution in [0.25, 0.3) is 6.08 Å². The van der Waals surface area contributed by atoms with E-state index in [-0.39, 0.29) is 17.9 Å². The third-order valence-corrected chi connectivity index (χ3v) is 6.32. The van der Waals surface area contributed by atoms with Gasteiger partial charge in [0.1, 0.15) is 0 Å². The molecule has 238 valence electrons. The summed E-state index contributed by atoms with van der Waals surface area (Å²) >= 11 is 0. The van der Waals surface area contributed by atoms with Gasteiger partial charge in [-0.05, 0) is 43.0 Å². The number of allylic oxidation sites excluding steroid dienone is 11. The van der Waals surface area contributed by atoms with Crippen molar-refractivity contribution in [1.82, 2.24) is 5.06 Å². The zero-order valence-electron chi connectivity index (χ0n) is 26.5. The minimum atomic E-state index is -0.897. The fraction of sp³-hybridized carbons (Fsp3) is 0.378. The lowest BCUT2D eigenvalue weighted by atomic mass is 10.1. The molecule has 0 saturated heterocycles. The number of nitrogens with zero attached hydrogens (tertiary/aromatic N) is 1. The van der Waals surface area contributed by atoms with Crippen LogP contribution in [0.2, 0.25) is 0 Å². The number of benzene rings is 1. The molecule has 0 unspecified atom stereocenters. The normalized spacial score (nSPS) is 12.2. The number of carbonyl (C=O) groups excluding carboxylic acids is 3. The van der Waals surface area contributed by atoms with Gasteiger partial charge in [0.15, 0.2) is 11.5 Å². The Kier molecular flexibility index (Phi) is 21.5. The predicted octanol–water partition coefficient (Wildman–Crippen LogP) is 8.90. The molecule has 0 saturated carbocycles. The highest BCUT2D eigenvalue weighted by Crippen LogP contribution is 2.26. The number of hydrogen-bond acceptors (Lipinski definition) is 6. The molecule has 0 bridgehead atoms. The van der Waals surface area contributed by atoms with E-state index in [0.29, 0.717) is 17.0 Å². The van der Waals surface area contributed by atoms with Crippen molar-refractivity contribution in [1.29, 1.82) is 0 Å². The van der Waals surface area contributed by atoms with E-state index in [1.54, 1.807) is 18.2 Å². The summed E-state index contributed by atoms with van der Waals surface area (Å²) < 4.78 is 5.05. The summed E-state index contributed by atoms with van der Waals surface area (Å²) in [5, 5.41) is 10.2. The van der Waals surface area contributed by atoms with Gasteiger partial charge in [-0.15, -0.1) is 0 Å². The van der Waals surface area contributed by atoms with Gasteiger partial charge in [0.05, 0.1) is 7.11 Å². The van der Waals surface area contributed by atoms with Crippen molar-refractivity contribution < 1.29 is 29.1 Å². The quantitative estimate of drug-likeness (QED) is 0.0692. The third-order valence-electron chi connectivity index (χ3n) is 6.32. The molecule has 1 rings (SSSR count). The predicted molar refractivity (Wildman–Crippen MR) is 179 cm³/mol. The van der Waals surface area contributed by atoms with E-state index in [0.717, 1.165) is 25.0 Å². The van der Waals surface area contributed by atoms with Crippen LogP contribution in [-0.2, 0) is 19.2 Å². The maximum atomic E-state index is 12.7. The SMILES string of the molecule is CCCCCCCCCC=CC=CC=CC=CC=CC=CC(=O)N(OC(=O)C=Cc1ccc(O)c(OC)c1)C(=O)CCCC. The van der Waals surface area contributed by atoms with Gasteiger partial charge in [-0.3, -0.25) is 9.59 Å². The Hall–Kier alpha value is -4.39. The Morgan fingerprint density at radius 1 is 0.750 bits per heavy atom. The Bertz CT molecular complexity index is 1200. The highest BCUT2D eigenvalue weighted by Gasteiger charge is 2.23. The highest BCUT2D eigenvalue weighted by molar-refractivity contribution is 6.01. The molecule has 0 radical (unpaired) electrons. The largest absolute Gasteiger partial charge is 0.504 e. The molecule has 7 nitrogen and oxygen atoms in total. The number of carbonyl (C=O) groups is 3. The van der Waals surface area contributed by atoms with Crippen molar-refractivity contribution in [3.05, 3.63) is 103 Å². The van der Waals surface area contributed by atoms with Gasteiger partial charge in [0.25, 0.3) is 11.8 Å². The number of rotatable bonds is 20. The van der Waals surface area contributed by atoms with E-state index in [4.69, 9.17) is 9.57 Å². The van der Waals surface area contributed by atoms with E-state index in [1.807, 2.05) is 43.4 Å². The smallest absolute Gasteiger partial charge is 0.356 e. The number of phenols is 1. The number of imide groups is 1. The first kappa shape index (κ1) is 37.6. The fourth-order valence-electron chi connectivity index (χ4n) is 3.84. The first-order valence-electron chi connectivity index (χ1n) is 15.6. The van der Waals surface area contributed by atoms with Crippen LogP contribution in [0.1, 0.15) is 90.0 Å². The Labute approximate surface area is 263 Å². The molecule has 7 heteroatoms. The van der Waals surface area contributed by atoms with Crippen LogP contribution in [0.5, 0.6) is 11.5 Å². The molecule has 0 heterocycles. The number of hydrogen-bond donors (Lipinski definition) is 1. The standard InChI is InChI=1S/C37H49NO6/c1-4-6-8-9-10-11-12-13-14-15-16-17-18-19-20-21-22-23-24-26-36(41)38(35(40)25-7-5-2)44-37(42)30-28-32-27-29-33(39)34(31-32)43-3/h14-24,26-31,39H,4-13,25H2,1-3H3. The fourth-order valence-corrected chi connectivity index (χ4v) is 3.84. The molecule has 44 heavy (non-hydrogen) atoms. The molecule has 0 spiro atoms. The number of amides is 2. The van der Waals surface area contributed by atoms with E-state index >= 15 is 0 Å². The third kappa shape index (κ3) is 18.2. The number of unbranched alkanes of at least 4 members (excludes halogenated alkanes) is 8. The molecule has 2 amide bonds. The second-order valence-corrected chi connectivity index (χ2v) is 10.0. The van der Waals surface area contributed by atoms with Crippen LogP contribution in [0.15, 0.2) is 97.2 Å². The number of phenolic OH excluding ortho intramolecular Hbond substituents is 1. The van der Waals surface area contributed by atoms with Crippen molar-refractivity contribution in [3.8, 4) is 11.5 Å². The average Bonchev–Trinajstić information content (AvgIpc) is 3.03. The summed E-state index contributed by atoms with van der Waals surface area (Å²) in [6.07, 6.45) is 36.0. The van der Waals surface area contributed by atoms with Gasteiger partial charge in [0, 0.05) is 18.6 Å². The second-order valence-electron chi connectivity index (χ2n) is 10.0. The number of aromatic hydroxyl groups is 1. The van der Waals surface area contributed by atoms with Crippen LogP contribution < -0.4 is 4.74 Å². The molecule has 0 aromatic heterocycles. The summed E-state index contributed by atoms with van der Waals surface area (Å²) in [5.74, 6) is -2.07. The zero-order valence-corrected chi connectivity index (χ0v) is 26.5. The Balaban J connectivity index is 2.53. The summed E-state index contributed by atoms with van der Waals surface area (Å²) in [4.78, 5) is 42.7. The first-order valence-corrected chi connectivity index (χ1v) is 15.6. The Morgan fingerprint density at radius 3 is 1.98 bits per heavy atom. The van der Waals surface area contributed by atoms with Crippen LogP contribution in [0.3, 0.4) is 0 Å². The molecule has 1 N–H and O–H groups in total. The topological polar surface area (TPSA) is 93.1 Å². The van der Waals surface area contributed by atoms with Crippen molar-refractivity contribution in [2.24, 2.45) is 0 Å². The monoisotopic (exact) mass is 603 g/mol. The lowest BCUT2D eigenvalue weighted by Gasteiger charge is -2.16. The van der Waals surface area contributed by atoms with E-state index < -0.39 is 17.8 Å². The van der Waals surface area contributed by atoms with Crippen LogP contribution >= 0.6 is 0 Å². The van der Waals surface area contributed by atoms with Gasteiger partial charge >= 0.3 is 5.97 Å². The molecule has 1 aromatic rings. The number of ether oxygens (including phenoxy) is 1. The van der Waals surface area contributed by atoms with E-state index in [9.17, 15) is 19.5 Å². The summed E-state index contributed by atoms with van der Waals surface area (Å²) in [6.45, 7) is 4.16. The summed E-state index contributed by atoms with van der Waals surface area (Å²) in [6, 6.07) is 4.52. The first-order chi connectivity index (χ1) is 21.4. The number of hydroxylamine groups is 2. The van der Waals surface area contributed by atoms with Crippen molar-refractivity contribution >= 4 is 23.9 Å². The summed E-state index contributed by atoms with van der Waals surface area (Å²) in [5.41, 5.74) is 0.557. The van der Waals surface area contributed by atoms with Crippen LogP contribution in [0.4, 0.5) is 0 Å². The second kappa shape index (κ2) is 25.1. The van der Waals surface area contributed by atoms with Crippen molar-refractivity contribution in [3.63, 3.8) is 0 Å². The van der Waals surface area contributed by atoms with Crippen LogP contribution in [0, 0.1) is 0 Å². The molecule has 1 aromatic carbocycles. The minimum Gasteiger partial charge on any atom is -0.504 e. The van der Waals surface area contributed by atoms with Gasteiger partial charge < -0.3 is 14.7 Å². The molecular formula is C37H49NO6. The lowest BCUT2D eigenvalue weighted by Crippen LogP contribution is -2.37. The molecule has 0 aliphatic rings. The van der Waals surface area contributed by atoms with Crippen molar-refractivity contribution in [2.75, 3.05) is 7.11 Å². The van der Waals surface area contributed by atoms with Gasteiger partial charge in [-0.2, -0.15) is 0 Å². The van der Waals surface area contributed by atoms with Gasteiger partial charge in [0.2, 0.25) is 0 Å². The molecule has 0 aliphatic carbocycles. The number of methoxy groups -OCH3 is 1. The molecule has 0 fully saturated rings. The maximum Gasteiger partial charge on any atom is 0.356 e. The lowest BCUT2D eigenvalue weighted by molar-refractivity contribution is -0.196. The summed E-state index contributed by atoms with van der Waals surface area (Å²) in [7, 11) is 1.41. The average molecular weight is 604 g/mol. The zero-order chi connectivity index (χ0) is 32.3. The van der Waals surface area contributed by atoms with Gasteiger partial charge in [-0.1, -0.05) is 137 Å². The van der Waals surface area contributed by atoms with E-state index in [1.165, 1.54) is 76.3 Å². The molecular weight excluding hydrogens is 554 g/mol.